The fourth-order valence-corrected chi connectivity index (χ4v) is 1.80. The fourth-order valence-electron chi connectivity index (χ4n) is 1.80. The van der Waals surface area contributed by atoms with E-state index in [0.29, 0.717) is 19.3 Å². The Balaban J connectivity index is 1.92. The van der Waals surface area contributed by atoms with Crippen LogP contribution < -0.4 is 5.32 Å². The minimum Gasteiger partial charge on any atom is -0.367 e. The van der Waals surface area contributed by atoms with Crippen LogP contribution in [0.2, 0.25) is 0 Å². The predicted octanol–water partition coefficient (Wildman–Crippen LogP) is 1.27. The lowest BCUT2D eigenvalue weighted by molar-refractivity contribution is -0.137. The summed E-state index contributed by atoms with van der Waals surface area (Å²) in [5.41, 5.74) is 1.76. The van der Waals surface area contributed by atoms with Gasteiger partial charge in [-0.15, -0.1) is 0 Å². The highest BCUT2D eigenvalue weighted by Gasteiger charge is 2.28. The molecule has 0 aliphatic carbocycles. The van der Waals surface area contributed by atoms with Gasteiger partial charge in [0.05, 0.1) is 19.2 Å². The third-order valence-electron chi connectivity index (χ3n) is 2.83. The zero-order valence-corrected chi connectivity index (χ0v) is 9.85. The number of hydrogen-bond donors (Lipinski definition) is 1. The molecule has 1 saturated heterocycles. The zero-order chi connectivity index (χ0) is 13.0. The molecule has 0 radical (unpaired) electrons. The molecule has 18 heavy (non-hydrogen) atoms. The molecule has 1 aromatic rings. The molecule has 0 saturated carbocycles. The summed E-state index contributed by atoms with van der Waals surface area (Å²) >= 11 is 0. The molecule has 5 nitrogen and oxygen atoms in total. The van der Waals surface area contributed by atoms with E-state index in [9.17, 15) is 9.59 Å². The van der Waals surface area contributed by atoms with E-state index in [4.69, 9.17) is 5.26 Å². The van der Waals surface area contributed by atoms with Gasteiger partial charge in [-0.25, -0.2) is 0 Å². The number of nitrogens with zero attached hydrogens (tertiary/aromatic N) is 2. The minimum atomic E-state index is -0.131. The summed E-state index contributed by atoms with van der Waals surface area (Å²) in [4.78, 5) is 24.0. The molecule has 0 spiro atoms. The zero-order valence-electron chi connectivity index (χ0n) is 9.85. The summed E-state index contributed by atoms with van der Waals surface area (Å²) in [6, 6.07) is 9.43. The van der Waals surface area contributed by atoms with Crippen LogP contribution in [0.1, 0.15) is 18.4 Å². The fraction of sp³-hybridized carbons (Fsp3) is 0.308. The Morgan fingerprint density at radius 2 is 1.78 bits per heavy atom. The molecule has 5 heteroatoms. The van der Waals surface area contributed by atoms with Crippen molar-refractivity contribution in [3.63, 3.8) is 0 Å². The Hall–Kier alpha value is -2.35. The van der Waals surface area contributed by atoms with E-state index < -0.39 is 0 Å². The molecule has 1 N–H and O–H groups in total. The summed E-state index contributed by atoms with van der Waals surface area (Å²) in [7, 11) is 0. The molecule has 0 unspecified atom stereocenters. The maximum atomic E-state index is 11.4. The van der Waals surface area contributed by atoms with Crippen LogP contribution >= 0.6 is 0 Å². The Morgan fingerprint density at radius 1 is 1.17 bits per heavy atom. The number of rotatable bonds is 4. The van der Waals surface area contributed by atoms with Crippen LogP contribution in [0.5, 0.6) is 0 Å². The average molecular weight is 243 g/mol. The SMILES string of the molecule is N#CCc1ccc(NCN2C(=O)CCC2=O)cc1. The number of hydrogen-bond acceptors (Lipinski definition) is 4. The highest BCUT2D eigenvalue weighted by Crippen LogP contribution is 2.13. The number of amides is 2. The first-order chi connectivity index (χ1) is 8.70. The van der Waals surface area contributed by atoms with Gasteiger partial charge in [0.25, 0.3) is 0 Å². The van der Waals surface area contributed by atoms with Crippen molar-refractivity contribution >= 4 is 17.5 Å². The van der Waals surface area contributed by atoms with Crippen molar-refractivity contribution in [1.29, 1.82) is 5.26 Å². The van der Waals surface area contributed by atoms with Gasteiger partial charge in [-0.2, -0.15) is 5.26 Å². The van der Waals surface area contributed by atoms with Gasteiger partial charge in [-0.05, 0) is 17.7 Å². The number of benzene rings is 1. The quantitative estimate of drug-likeness (QED) is 0.808. The topological polar surface area (TPSA) is 73.2 Å². The van der Waals surface area contributed by atoms with Crippen molar-refractivity contribution in [3.05, 3.63) is 29.8 Å². The van der Waals surface area contributed by atoms with E-state index in [2.05, 4.69) is 11.4 Å². The van der Waals surface area contributed by atoms with Gasteiger partial charge in [0.15, 0.2) is 0 Å². The molecule has 0 aromatic heterocycles. The number of carbonyl (C=O) groups is 2. The normalized spacial score (nSPS) is 14.7. The Kier molecular flexibility index (Phi) is 3.58. The lowest BCUT2D eigenvalue weighted by Gasteiger charge is -2.15. The van der Waals surface area contributed by atoms with Gasteiger partial charge < -0.3 is 5.32 Å². The van der Waals surface area contributed by atoms with E-state index in [1.54, 1.807) is 0 Å². The summed E-state index contributed by atoms with van der Waals surface area (Å²) in [6.07, 6.45) is 0.993. The summed E-state index contributed by atoms with van der Waals surface area (Å²) in [5.74, 6) is -0.262. The van der Waals surface area contributed by atoms with E-state index >= 15 is 0 Å². The number of anilines is 1. The van der Waals surface area contributed by atoms with Gasteiger partial charge in [0, 0.05) is 18.5 Å². The maximum Gasteiger partial charge on any atom is 0.231 e. The highest BCUT2D eigenvalue weighted by atomic mass is 16.2. The standard InChI is InChI=1S/C13H13N3O2/c14-8-7-10-1-3-11(4-2-10)15-9-16-12(17)5-6-13(16)18/h1-4,15H,5-7,9H2. The van der Waals surface area contributed by atoms with Gasteiger partial charge in [0.1, 0.15) is 0 Å². The molecule has 1 fully saturated rings. The first kappa shape index (κ1) is 12.1. The van der Waals surface area contributed by atoms with Crippen LogP contribution in [0.3, 0.4) is 0 Å². The van der Waals surface area contributed by atoms with E-state index in [1.165, 1.54) is 4.90 Å². The molecule has 92 valence electrons. The van der Waals surface area contributed by atoms with Crippen LogP contribution in [-0.2, 0) is 16.0 Å². The molecular weight excluding hydrogens is 230 g/mol. The smallest absolute Gasteiger partial charge is 0.231 e. The van der Waals surface area contributed by atoms with Crippen molar-refractivity contribution in [2.24, 2.45) is 0 Å². The second-order valence-electron chi connectivity index (χ2n) is 4.08. The van der Waals surface area contributed by atoms with Gasteiger partial charge in [0.2, 0.25) is 11.8 Å². The van der Waals surface area contributed by atoms with Gasteiger partial charge in [-0.3, -0.25) is 14.5 Å². The molecule has 0 bridgehead atoms. The number of nitriles is 1. The van der Waals surface area contributed by atoms with Crippen molar-refractivity contribution < 1.29 is 9.59 Å². The monoisotopic (exact) mass is 243 g/mol. The number of nitrogens with one attached hydrogen (secondary N) is 1. The average Bonchev–Trinajstić information content (AvgIpc) is 2.69. The third kappa shape index (κ3) is 2.66. The van der Waals surface area contributed by atoms with E-state index in [1.807, 2.05) is 24.3 Å². The van der Waals surface area contributed by atoms with Crippen LogP contribution in [0, 0.1) is 11.3 Å². The van der Waals surface area contributed by atoms with Crippen molar-refractivity contribution in [3.8, 4) is 6.07 Å². The molecule has 2 amide bonds. The molecule has 2 rings (SSSR count). The predicted molar refractivity (Wildman–Crippen MR) is 65.3 cm³/mol. The second-order valence-corrected chi connectivity index (χ2v) is 4.08. The lowest BCUT2D eigenvalue weighted by Crippen LogP contribution is -2.33. The van der Waals surface area contributed by atoms with E-state index in [0.717, 1.165) is 11.3 Å². The lowest BCUT2D eigenvalue weighted by atomic mass is 10.1. The molecule has 1 heterocycles. The molecule has 1 aromatic carbocycles. The first-order valence-electron chi connectivity index (χ1n) is 5.73. The largest absolute Gasteiger partial charge is 0.367 e. The van der Waals surface area contributed by atoms with Crippen LogP contribution in [0.15, 0.2) is 24.3 Å². The van der Waals surface area contributed by atoms with Crippen molar-refractivity contribution in [2.75, 3.05) is 12.0 Å². The summed E-state index contributed by atoms with van der Waals surface area (Å²) in [6.45, 7) is 0.204. The molecule has 0 atom stereocenters. The molecular formula is C13H13N3O2. The molecule has 1 aliphatic heterocycles. The minimum absolute atomic E-state index is 0.131. The highest BCUT2D eigenvalue weighted by molar-refractivity contribution is 6.02. The van der Waals surface area contributed by atoms with Crippen LogP contribution in [-0.4, -0.2) is 23.4 Å². The Morgan fingerprint density at radius 3 is 2.33 bits per heavy atom. The van der Waals surface area contributed by atoms with Crippen LogP contribution in [0.25, 0.3) is 0 Å². The van der Waals surface area contributed by atoms with Crippen molar-refractivity contribution in [1.82, 2.24) is 4.90 Å². The van der Waals surface area contributed by atoms with Gasteiger partial charge >= 0.3 is 0 Å². The van der Waals surface area contributed by atoms with Crippen molar-refractivity contribution in [2.45, 2.75) is 19.3 Å². The third-order valence-corrected chi connectivity index (χ3v) is 2.83. The first-order valence-corrected chi connectivity index (χ1v) is 5.73. The number of likely N-dealkylation sites (tertiary alicyclic amines) is 1. The number of carbonyl (C=O) groups excluding carboxylic acids is 2. The van der Waals surface area contributed by atoms with E-state index in [-0.39, 0.29) is 18.5 Å². The number of imide groups is 1. The van der Waals surface area contributed by atoms with Crippen LogP contribution in [0.4, 0.5) is 5.69 Å². The Labute approximate surface area is 105 Å². The molecule has 1 aliphatic rings. The Bertz CT molecular complexity index is 486. The maximum absolute atomic E-state index is 11.4. The van der Waals surface area contributed by atoms with Gasteiger partial charge in [-0.1, -0.05) is 12.1 Å². The summed E-state index contributed by atoms with van der Waals surface area (Å²) in [5, 5.41) is 11.6. The second kappa shape index (κ2) is 5.32. The summed E-state index contributed by atoms with van der Waals surface area (Å²) < 4.78 is 0.